The maximum Gasteiger partial charge on any atom is 0.269 e. The first-order chi connectivity index (χ1) is 16.1. The molecule has 0 saturated heterocycles. The minimum atomic E-state index is -0.452. The van der Waals surface area contributed by atoms with Gasteiger partial charge in [0.15, 0.2) is 0 Å². The molecule has 0 saturated carbocycles. The summed E-state index contributed by atoms with van der Waals surface area (Å²) in [5.74, 6) is 1.34. The number of benzene rings is 3. The Morgan fingerprint density at radius 1 is 0.848 bits per heavy atom. The minimum Gasteiger partial charge on any atom is -0.497 e. The average molecular weight is 447 g/mol. The summed E-state index contributed by atoms with van der Waals surface area (Å²) in [6.45, 7) is 2.91. The van der Waals surface area contributed by atoms with Crippen LogP contribution in [-0.2, 0) is 11.4 Å². The first-order valence-electron chi connectivity index (χ1n) is 10.4. The molecule has 3 aromatic carbocycles. The lowest BCUT2D eigenvalue weighted by molar-refractivity contribution is -0.117. The van der Waals surface area contributed by atoms with Gasteiger partial charge >= 0.3 is 0 Å². The molecule has 0 fully saturated rings. The third-order valence-corrected chi connectivity index (χ3v) is 4.58. The van der Waals surface area contributed by atoms with Crippen molar-refractivity contribution in [2.75, 3.05) is 13.7 Å². The van der Waals surface area contributed by atoms with Crippen LogP contribution in [0.15, 0.2) is 78.9 Å². The molecule has 3 rings (SSSR count). The van der Waals surface area contributed by atoms with E-state index in [0.29, 0.717) is 24.5 Å². The lowest BCUT2D eigenvalue weighted by atomic mass is 10.1. The summed E-state index contributed by atoms with van der Waals surface area (Å²) in [7, 11) is 1.58. The molecule has 2 amide bonds. The summed E-state index contributed by atoms with van der Waals surface area (Å²) in [6, 6.07) is 21.6. The van der Waals surface area contributed by atoms with E-state index in [4.69, 9.17) is 14.2 Å². The zero-order valence-electron chi connectivity index (χ0n) is 18.5. The number of rotatable bonds is 9. The quantitative estimate of drug-likeness (QED) is 0.381. The van der Waals surface area contributed by atoms with Crippen LogP contribution in [-0.4, -0.2) is 25.5 Å². The van der Waals surface area contributed by atoms with Crippen LogP contribution in [0, 0.1) is 0 Å². The van der Waals surface area contributed by atoms with Crippen LogP contribution in [0.25, 0.3) is 6.08 Å². The van der Waals surface area contributed by atoms with Gasteiger partial charge in [-0.15, -0.1) is 0 Å². The Morgan fingerprint density at radius 3 is 2.21 bits per heavy atom. The van der Waals surface area contributed by atoms with E-state index in [0.717, 1.165) is 22.6 Å². The van der Waals surface area contributed by atoms with Gasteiger partial charge in [-0.3, -0.25) is 20.4 Å². The van der Waals surface area contributed by atoms with Gasteiger partial charge in [0.25, 0.3) is 11.8 Å². The molecular weight excluding hydrogens is 420 g/mol. The van der Waals surface area contributed by atoms with Crippen LogP contribution < -0.4 is 25.1 Å². The Bertz CT molecular complexity index is 1090. The second kappa shape index (κ2) is 12.0. The largest absolute Gasteiger partial charge is 0.497 e. The molecule has 170 valence electrons. The number of nitrogens with one attached hydrogen (secondary N) is 2. The Labute approximate surface area is 193 Å². The molecule has 33 heavy (non-hydrogen) atoms. The zero-order valence-corrected chi connectivity index (χ0v) is 18.5. The van der Waals surface area contributed by atoms with E-state index in [2.05, 4.69) is 10.9 Å². The Hall–Kier alpha value is -4.26. The maximum absolute atomic E-state index is 12.3. The van der Waals surface area contributed by atoms with Gasteiger partial charge in [0.1, 0.15) is 23.9 Å². The number of ether oxygens (including phenoxy) is 3. The number of amides is 2. The van der Waals surface area contributed by atoms with Crippen molar-refractivity contribution in [3.8, 4) is 17.2 Å². The number of hydrogen-bond donors (Lipinski definition) is 2. The van der Waals surface area contributed by atoms with Crippen molar-refractivity contribution in [1.29, 1.82) is 0 Å². The summed E-state index contributed by atoms with van der Waals surface area (Å²) in [4.78, 5) is 24.2. The highest BCUT2D eigenvalue weighted by atomic mass is 16.5. The van der Waals surface area contributed by atoms with E-state index in [-0.39, 0.29) is 0 Å². The molecule has 0 aromatic heterocycles. The standard InChI is InChI=1S/C26H26N2O5/c1-3-32-22-12-14-23(15-13-22)33-18-20-7-10-21(11-8-20)26(30)28-27-25(29)16-9-19-5-4-6-24(17-19)31-2/h4-17H,3,18H2,1-2H3,(H,27,29)(H,28,30)/b16-9+. The Balaban J connectivity index is 1.45. The van der Waals surface area contributed by atoms with E-state index in [1.165, 1.54) is 6.08 Å². The van der Waals surface area contributed by atoms with Gasteiger partial charge in [-0.1, -0.05) is 24.3 Å². The lowest BCUT2D eigenvalue weighted by Gasteiger charge is -2.09. The van der Waals surface area contributed by atoms with Crippen molar-refractivity contribution in [3.63, 3.8) is 0 Å². The molecule has 0 spiro atoms. The molecule has 2 N–H and O–H groups in total. The fourth-order valence-electron chi connectivity index (χ4n) is 2.87. The molecule has 3 aromatic rings. The van der Waals surface area contributed by atoms with Crippen LogP contribution in [0.2, 0.25) is 0 Å². The molecule has 0 aliphatic carbocycles. The molecule has 0 radical (unpaired) electrons. The van der Waals surface area contributed by atoms with Gasteiger partial charge in [-0.25, -0.2) is 0 Å². The molecule has 0 aliphatic rings. The second-order valence-electron chi connectivity index (χ2n) is 6.94. The van der Waals surface area contributed by atoms with E-state index in [1.54, 1.807) is 43.5 Å². The highest BCUT2D eigenvalue weighted by molar-refractivity contribution is 5.97. The number of hydrogen-bond acceptors (Lipinski definition) is 5. The topological polar surface area (TPSA) is 85.9 Å². The van der Waals surface area contributed by atoms with Crippen LogP contribution in [0.4, 0.5) is 0 Å². The number of carbonyl (C=O) groups excluding carboxylic acids is 2. The van der Waals surface area contributed by atoms with E-state index >= 15 is 0 Å². The summed E-state index contributed by atoms with van der Waals surface area (Å²) >= 11 is 0. The Kier molecular flexibility index (Phi) is 8.48. The average Bonchev–Trinajstić information content (AvgIpc) is 2.86. The van der Waals surface area contributed by atoms with Gasteiger partial charge in [-0.05, 0) is 72.7 Å². The summed E-state index contributed by atoms with van der Waals surface area (Å²) in [5, 5.41) is 0. The van der Waals surface area contributed by atoms with Gasteiger partial charge in [0.2, 0.25) is 0 Å². The van der Waals surface area contributed by atoms with Gasteiger partial charge in [-0.2, -0.15) is 0 Å². The molecule has 0 heterocycles. The SMILES string of the molecule is CCOc1ccc(OCc2ccc(C(=O)NNC(=O)/C=C/c3cccc(OC)c3)cc2)cc1. The fraction of sp³-hybridized carbons (Fsp3) is 0.154. The highest BCUT2D eigenvalue weighted by Gasteiger charge is 2.06. The Morgan fingerprint density at radius 2 is 1.55 bits per heavy atom. The third-order valence-electron chi connectivity index (χ3n) is 4.58. The van der Waals surface area contributed by atoms with Crippen molar-refractivity contribution < 1.29 is 23.8 Å². The van der Waals surface area contributed by atoms with Crippen molar-refractivity contribution in [2.24, 2.45) is 0 Å². The van der Waals surface area contributed by atoms with Crippen LogP contribution >= 0.6 is 0 Å². The van der Waals surface area contributed by atoms with Crippen LogP contribution in [0.3, 0.4) is 0 Å². The van der Waals surface area contributed by atoms with E-state index in [9.17, 15) is 9.59 Å². The molecule has 7 heteroatoms. The summed E-state index contributed by atoms with van der Waals surface area (Å²) in [6.07, 6.45) is 2.96. The normalized spacial score (nSPS) is 10.5. The number of hydrazine groups is 1. The lowest BCUT2D eigenvalue weighted by Crippen LogP contribution is -2.40. The molecule has 0 bridgehead atoms. The predicted molar refractivity (Wildman–Crippen MR) is 126 cm³/mol. The van der Waals surface area contributed by atoms with Crippen LogP contribution in [0.1, 0.15) is 28.4 Å². The van der Waals surface area contributed by atoms with Crippen molar-refractivity contribution in [1.82, 2.24) is 10.9 Å². The predicted octanol–water partition coefficient (Wildman–Crippen LogP) is 4.15. The minimum absolute atomic E-state index is 0.363. The monoisotopic (exact) mass is 446 g/mol. The van der Waals surface area contributed by atoms with Gasteiger partial charge < -0.3 is 14.2 Å². The number of methoxy groups -OCH3 is 1. The fourth-order valence-corrected chi connectivity index (χ4v) is 2.87. The maximum atomic E-state index is 12.3. The first kappa shape index (κ1) is 23.4. The molecule has 0 atom stereocenters. The van der Waals surface area contributed by atoms with E-state index < -0.39 is 11.8 Å². The second-order valence-corrected chi connectivity index (χ2v) is 6.94. The number of carbonyl (C=O) groups is 2. The molecule has 0 aliphatic heterocycles. The molecule has 0 unspecified atom stereocenters. The van der Waals surface area contributed by atoms with E-state index in [1.807, 2.05) is 49.4 Å². The molecule has 7 nitrogen and oxygen atoms in total. The zero-order chi connectivity index (χ0) is 23.5. The van der Waals surface area contributed by atoms with Gasteiger partial charge in [0.05, 0.1) is 13.7 Å². The van der Waals surface area contributed by atoms with Crippen LogP contribution in [0.5, 0.6) is 17.2 Å². The third kappa shape index (κ3) is 7.43. The summed E-state index contributed by atoms with van der Waals surface area (Å²) in [5.41, 5.74) is 6.88. The summed E-state index contributed by atoms with van der Waals surface area (Å²) < 4.78 is 16.3. The van der Waals surface area contributed by atoms with Crippen molar-refractivity contribution in [3.05, 3.63) is 95.6 Å². The molecular formula is C26H26N2O5. The smallest absolute Gasteiger partial charge is 0.269 e. The van der Waals surface area contributed by atoms with Gasteiger partial charge in [0, 0.05) is 11.6 Å². The van der Waals surface area contributed by atoms with Crippen molar-refractivity contribution in [2.45, 2.75) is 13.5 Å². The first-order valence-corrected chi connectivity index (χ1v) is 10.4. The highest BCUT2D eigenvalue weighted by Crippen LogP contribution is 2.19. The van der Waals surface area contributed by atoms with Crippen molar-refractivity contribution >= 4 is 17.9 Å².